The maximum atomic E-state index is 14.7. The normalized spacial score (nSPS) is 24.8. The molecule has 91 heavy (non-hydrogen) atoms. The molecular formula is C61H77N11O18S. The number of aromatic hydroxyl groups is 1. The molecule has 3 aliphatic rings. The van der Waals surface area contributed by atoms with Crippen LogP contribution in [0.25, 0.3) is 32.4 Å². The van der Waals surface area contributed by atoms with E-state index in [1.54, 1.807) is 0 Å². The summed E-state index contributed by atoms with van der Waals surface area (Å²) < 4.78 is 16.4. The van der Waals surface area contributed by atoms with Gasteiger partial charge >= 0.3 is 0 Å². The van der Waals surface area contributed by atoms with Crippen LogP contribution in [0.3, 0.4) is 0 Å². The molecule has 15 N–H and O–H groups in total. The number of aliphatic hydroxyl groups is 7. The minimum absolute atomic E-state index is 0.0875. The molecule has 3 saturated heterocycles. The van der Waals surface area contributed by atoms with E-state index in [-0.39, 0.29) is 48.7 Å². The summed E-state index contributed by atoms with van der Waals surface area (Å²) in [4.78, 5) is 107. The zero-order valence-corrected chi connectivity index (χ0v) is 51.0. The molecule has 8 rings (SSSR count). The summed E-state index contributed by atoms with van der Waals surface area (Å²) in [6.45, 7) is 3.69. The van der Waals surface area contributed by atoms with Gasteiger partial charge < -0.3 is 97.2 Å². The fourth-order valence-electron chi connectivity index (χ4n) is 10.8. The predicted octanol–water partition coefficient (Wildman–Crippen LogP) is -2.28. The third-order valence-electron chi connectivity index (χ3n) is 15.7. The Morgan fingerprint density at radius 3 is 2.09 bits per heavy atom. The molecule has 5 aromatic rings. The second-order valence-corrected chi connectivity index (χ2v) is 23.4. The van der Waals surface area contributed by atoms with E-state index < -0.39 is 159 Å². The molecular weight excluding hydrogens is 1210 g/mol. The van der Waals surface area contributed by atoms with Gasteiger partial charge in [-0.15, -0.1) is 10.2 Å². The highest BCUT2D eigenvalue weighted by molar-refractivity contribution is 7.17. The first-order chi connectivity index (χ1) is 43.6. The van der Waals surface area contributed by atoms with Gasteiger partial charge in [0.2, 0.25) is 35.4 Å². The van der Waals surface area contributed by atoms with Crippen molar-refractivity contribution in [1.29, 1.82) is 0 Å². The van der Waals surface area contributed by atoms with E-state index >= 15 is 0 Å². The highest BCUT2D eigenvalue weighted by atomic mass is 32.1. The maximum Gasteiger partial charge on any atom is 0.253 e. The molecule has 0 saturated carbocycles. The van der Waals surface area contributed by atoms with Crippen LogP contribution in [-0.2, 0) is 39.9 Å². The summed E-state index contributed by atoms with van der Waals surface area (Å²) in [5, 5.41) is 110. The van der Waals surface area contributed by atoms with Gasteiger partial charge in [0, 0.05) is 63.2 Å². The number of nitrogens with two attached hydrogens (primary N) is 1. The molecule has 2 aromatic heterocycles. The summed E-state index contributed by atoms with van der Waals surface area (Å²) in [5.41, 5.74) is 8.97. The van der Waals surface area contributed by atoms with Crippen LogP contribution in [-0.4, -0.2) is 239 Å². The number of hydrogen-bond acceptors (Lipinski definition) is 23. The number of β-amino-alcohol motifs (C(OH)–C–C–N with tert-alkyl or cyclic N) is 1. The van der Waals surface area contributed by atoms with E-state index in [0.29, 0.717) is 35.5 Å². The van der Waals surface area contributed by atoms with Crippen molar-refractivity contribution >= 4 is 52.7 Å². The molecule has 3 aromatic carbocycles. The molecule has 0 spiro atoms. The van der Waals surface area contributed by atoms with Crippen LogP contribution in [0.2, 0.25) is 0 Å². The summed E-state index contributed by atoms with van der Waals surface area (Å²) in [6.07, 6.45) is -10.9. The van der Waals surface area contributed by atoms with Crippen molar-refractivity contribution in [2.24, 2.45) is 11.7 Å². The number of rotatable bonds is 20. The molecule has 0 radical (unpaired) electrons. The monoisotopic (exact) mass is 1280 g/mol. The Morgan fingerprint density at radius 2 is 1.42 bits per heavy atom. The SMILES string of the molecule is CCOCCOc1ccc(-c2ccc(-c3nnc(-c4ccc(C(=O)N[C@H]5C[C@@H](O)CNC(=O)[C@@H]6[C@@H](O)[C@@H](C)CN6C(=O)[C@H]([C@H](O)CCN)NC(=O)[C@H]([C@H](O)Cc6ccc(O)c(OCCO)c6)NC(=O)[C@@H]6C[C@@H](O)CN6C(=O)[C@H]([C@@H](C)O)NC5=O)cn4)s3)cc2)cc1. The number of amides is 7. The van der Waals surface area contributed by atoms with E-state index in [1.807, 2.05) is 55.5 Å². The Balaban J connectivity index is 1.05. The molecule has 7 amide bonds. The average molecular weight is 1280 g/mol. The predicted molar refractivity (Wildman–Crippen MR) is 325 cm³/mol. The molecule has 30 heteroatoms. The molecule has 5 heterocycles. The number of fused-ring (bicyclic) bond motifs is 2. The molecule has 490 valence electrons. The first-order valence-electron chi connectivity index (χ1n) is 29.7. The largest absolute Gasteiger partial charge is 0.504 e. The van der Waals surface area contributed by atoms with Gasteiger partial charge in [-0.3, -0.25) is 38.5 Å². The van der Waals surface area contributed by atoms with E-state index in [4.69, 9.17) is 19.9 Å². The summed E-state index contributed by atoms with van der Waals surface area (Å²) in [7, 11) is 0. The standard InChI is InChI=1S/C61H77N11O18S/c1-4-88-21-22-89-40-13-10-35(11-14-40)34-6-8-36(9-7-34)58-69-70-59(91-58)41-15-12-37(27-63-41)53(81)65-42-25-38(75)28-64-57(85)51-52(80)31(2)29-72(51)61(87)50(45(78)17-18-62)68-56(84)49(46(79)23-33-5-16-44(77)47(24-33)90-20-19-73)67-55(83)43-26-39(76)30-71(43)60(86)48(32(3)74)66-54(42)82/h5-16,24,27,31-32,38-39,42-43,45-46,48-52,73-80H,4,17-23,25-26,28-30,62H2,1-3H3,(H,64,85)(H,65,81)(H,66,82)(H,67,83)(H,68,84)/t31-,32+,38+,39+,42-,43-,45+,46+,48-,49-,50-,51-,52-/m0/s1. The van der Waals surface area contributed by atoms with Crippen molar-refractivity contribution in [2.45, 2.75) is 119 Å². The first-order valence-corrected chi connectivity index (χ1v) is 30.6. The second-order valence-electron chi connectivity index (χ2n) is 22.4. The zero-order chi connectivity index (χ0) is 65.6. The Kier molecular flexibility index (Phi) is 23.8. The molecule has 3 fully saturated rings. The number of carbonyl (C=O) groups excluding carboxylic acids is 7. The molecule has 0 unspecified atom stereocenters. The number of aromatic nitrogens is 3. The minimum Gasteiger partial charge on any atom is -0.504 e. The Hall–Kier alpha value is -8.30. The molecule has 0 bridgehead atoms. The number of phenolic OH excluding ortho intramolecular Hbond substituents is 1. The zero-order valence-electron chi connectivity index (χ0n) is 50.2. The quantitative estimate of drug-likeness (QED) is 0.0365. The van der Waals surface area contributed by atoms with E-state index in [9.17, 15) is 74.4 Å². The number of nitrogens with zero attached hydrogens (tertiary/aromatic N) is 5. The Bertz CT molecular complexity index is 3330. The number of nitrogens with one attached hydrogen (secondary N) is 5. The van der Waals surface area contributed by atoms with E-state index in [0.717, 1.165) is 39.2 Å². The van der Waals surface area contributed by atoms with Crippen LogP contribution >= 0.6 is 11.3 Å². The molecule has 29 nitrogen and oxygen atoms in total. The maximum absolute atomic E-state index is 14.7. The summed E-state index contributed by atoms with van der Waals surface area (Å²) >= 11 is 1.24. The number of aliphatic hydroxyl groups excluding tert-OH is 7. The summed E-state index contributed by atoms with van der Waals surface area (Å²) in [6, 6.07) is 11.0. The third-order valence-corrected chi connectivity index (χ3v) is 16.7. The van der Waals surface area contributed by atoms with Crippen LogP contribution in [0.4, 0.5) is 0 Å². The highest BCUT2D eigenvalue weighted by Crippen LogP contribution is 2.33. The first kappa shape index (κ1) is 68.6. The number of benzene rings is 3. The van der Waals surface area contributed by atoms with Crippen molar-refractivity contribution in [2.75, 3.05) is 59.2 Å². The van der Waals surface area contributed by atoms with Crippen molar-refractivity contribution in [3.8, 4) is 49.6 Å². The smallest absolute Gasteiger partial charge is 0.253 e. The topological polar surface area (TPSA) is 440 Å². The van der Waals surface area contributed by atoms with Crippen LogP contribution in [0.5, 0.6) is 17.2 Å². The fraction of sp³-hybridized carbons (Fsp3) is 0.475. The Labute approximate surface area is 526 Å². The van der Waals surface area contributed by atoms with Gasteiger partial charge in [-0.05, 0) is 79.9 Å². The number of carbonyl (C=O) groups is 7. The van der Waals surface area contributed by atoms with Crippen LogP contribution in [0.1, 0.15) is 56.0 Å². The van der Waals surface area contributed by atoms with E-state index in [2.05, 4.69) is 41.8 Å². The van der Waals surface area contributed by atoms with Gasteiger partial charge in [0.05, 0.1) is 55.4 Å². The number of pyridine rings is 1. The van der Waals surface area contributed by atoms with Crippen LogP contribution < -0.4 is 41.8 Å². The lowest BCUT2D eigenvalue weighted by molar-refractivity contribution is -0.147. The molecule has 13 atom stereocenters. The third kappa shape index (κ3) is 17.2. The lowest BCUT2D eigenvalue weighted by Gasteiger charge is -2.34. The van der Waals surface area contributed by atoms with E-state index in [1.165, 1.54) is 54.8 Å². The molecule has 3 aliphatic heterocycles. The van der Waals surface area contributed by atoms with Gasteiger partial charge in [0.1, 0.15) is 65.9 Å². The summed E-state index contributed by atoms with van der Waals surface area (Å²) in [5.74, 6) is -8.31. The highest BCUT2D eigenvalue weighted by Gasteiger charge is 2.50. The van der Waals surface area contributed by atoms with Gasteiger partial charge in [0.25, 0.3) is 5.91 Å². The van der Waals surface area contributed by atoms with Crippen LogP contribution in [0, 0.1) is 5.92 Å². The number of ether oxygens (including phenoxy) is 3. The van der Waals surface area contributed by atoms with Gasteiger partial charge in [-0.1, -0.05) is 60.7 Å². The number of hydrogen-bond donors (Lipinski definition) is 14. The lowest BCUT2D eigenvalue weighted by Crippen LogP contribution is -2.64. The minimum atomic E-state index is -2.07. The van der Waals surface area contributed by atoms with Crippen molar-refractivity contribution in [3.05, 3.63) is 96.2 Å². The van der Waals surface area contributed by atoms with Crippen molar-refractivity contribution in [1.82, 2.24) is 51.6 Å². The lowest BCUT2D eigenvalue weighted by atomic mass is 9.98. The van der Waals surface area contributed by atoms with Crippen LogP contribution in [0.15, 0.2) is 85.1 Å². The van der Waals surface area contributed by atoms with Crippen molar-refractivity contribution in [3.63, 3.8) is 0 Å². The van der Waals surface area contributed by atoms with Crippen molar-refractivity contribution < 1.29 is 88.6 Å². The average Bonchev–Trinajstić information content (AvgIpc) is 1.72. The molecule has 0 aliphatic carbocycles. The number of phenols is 1. The van der Waals surface area contributed by atoms with Gasteiger partial charge in [0.15, 0.2) is 16.5 Å². The Morgan fingerprint density at radius 1 is 0.747 bits per heavy atom. The van der Waals surface area contributed by atoms with Gasteiger partial charge in [-0.25, -0.2) is 0 Å². The second kappa shape index (κ2) is 31.6. The van der Waals surface area contributed by atoms with Gasteiger partial charge in [-0.2, -0.15) is 0 Å². The fourth-order valence-corrected chi connectivity index (χ4v) is 11.6.